The molecule has 0 spiro atoms. The van der Waals surface area contributed by atoms with Crippen molar-refractivity contribution in [3.63, 3.8) is 0 Å². The largest absolute Gasteiger partial charge is 0.162 e. The van der Waals surface area contributed by atoms with Crippen molar-refractivity contribution in [2.24, 2.45) is 23.7 Å². The van der Waals surface area contributed by atoms with Gasteiger partial charge < -0.3 is 0 Å². The standard InChI is InChI=1S/C22H44S/c1-5-8-9-11-15-19(4)22-20(14-6-2)21(22)16-12-10-13-18-23-17-7-3/h19-22H,5-18H2,1-4H3. The molecule has 138 valence electrons. The highest BCUT2D eigenvalue weighted by Gasteiger charge is 2.50. The van der Waals surface area contributed by atoms with Crippen molar-refractivity contribution in [2.75, 3.05) is 11.5 Å². The van der Waals surface area contributed by atoms with E-state index in [0.29, 0.717) is 0 Å². The van der Waals surface area contributed by atoms with Crippen molar-refractivity contribution < 1.29 is 0 Å². The van der Waals surface area contributed by atoms with E-state index in [4.69, 9.17) is 0 Å². The van der Waals surface area contributed by atoms with Crippen molar-refractivity contribution >= 4 is 11.8 Å². The second-order valence-corrected chi connectivity index (χ2v) is 9.21. The fraction of sp³-hybridized carbons (Fsp3) is 1.00. The fourth-order valence-electron chi connectivity index (χ4n) is 4.56. The lowest BCUT2D eigenvalue weighted by Crippen LogP contribution is -2.01. The van der Waals surface area contributed by atoms with Crippen LogP contribution >= 0.6 is 11.8 Å². The molecular formula is C22H44S. The van der Waals surface area contributed by atoms with Crippen molar-refractivity contribution in [3.8, 4) is 0 Å². The lowest BCUT2D eigenvalue weighted by Gasteiger charge is -2.11. The molecule has 1 aliphatic rings. The van der Waals surface area contributed by atoms with E-state index in [-0.39, 0.29) is 0 Å². The first-order valence-corrected chi connectivity index (χ1v) is 12.0. The molecule has 0 amide bonds. The lowest BCUT2D eigenvalue weighted by atomic mass is 9.95. The quantitative estimate of drug-likeness (QED) is 0.257. The summed E-state index contributed by atoms with van der Waals surface area (Å²) in [5.74, 6) is 7.03. The molecular weight excluding hydrogens is 296 g/mol. The molecule has 0 aromatic rings. The Morgan fingerprint density at radius 1 is 0.696 bits per heavy atom. The van der Waals surface area contributed by atoms with Gasteiger partial charge in [-0.25, -0.2) is 0 Å². The minimum Gasteiger partial charge on any atom is -0.162 e. The van der Waals surface area contributed by atoms with E-state index in [1.54, 1.807) is 0 Å². The van der Waals surface area contributed by atoms with Crippen molar-refractivity contribution in [3.05, 3.63) is 0 Å². The summed E-state index contributed by atoms with van der Waals surface area (Å²) in [5.41, 5.74) is 0. The molecule has 4 atom stereocenters. The maximum absolute atomic E-state index is 2.56. The Balaban J connectivity index is 2.14. The van der Waals surface area contributed by atoms with E-state index >= 15 is 0 Å². The Kier molecular flexibility index (Phi) is 12.7. The molecule has 0 aliphatic heterocycles. The van der Waals surface area contributed by atoms with E-state index in [1.807, 2.05) is 0 Å². The normalized spacial score (nSPS) is 24.8. The predicted molar refractivity (Wildman–Crippen MR) is 109 cm³/mol. The van der Waals surface area contributed by atoms with Crippen molar-refractivity contribution in [2.45, 2.75) is 105 Å². The molecule has 0 nitrogen and oxygen atoms in total. The highest BCUT2D eigenvalue weighted by molar-refractivity contribution is 7.99. The Hall–Kier alpha value is 0.350. The third-order valence-electron chi connectivity index (χ3n) is 5.86. The molecule has 0 bridgehead atoms. The first-order chi connectivity index (χ1) is 11.3. The van der Waals surface area contributed by atoms with Gasteiger partial charge in [0, 0.05) is 0 Å². The number of unbranched alkanes of at least 4 members (excludes halogenated alkanes) is 5. The van der Waals surface area contributed by atoms with Crippen LogP contribution in [0.3, 0.4) is 0 Å². The highest BCUT2D eigenvalue weighted by Crippen LogP contribution is 2.56. The summed E-state index contributed by atoms with van der Waals surface area (Å²) in [6.45, 7) is 9.54. The second kappa shape index (κ2) is 13.6. The lowest BCUT2D eigenvalue weighted by molar-refractivity contribution is 0.398. The van der Waals surface area contributed by atoms with Crippen LogP contribution in [0.1, 0.15) is 105 Å². The number of hydrogen-bond donors (Lipinski definition) is 0. The average molecular weight is 341 g/mol. The summed E-state index contributed by atoms with van der Waals surface area (Å²) in [4.78, 5) is 0. The monoisotopic (exact) mass is 340 g/mol. The molecule has 0 aromatic carbocycles. The molecule has 4 unspecified atom stereocenters. The third-order valence-corrected chi connectivity index (χ3v) is 7.14. The van der Waals surface area contributed by atoms with Gasteiger partial charge in [0.1, 0.15) is 0 Å². The van der Waals surface area contributed by atoms with Gasteiger partial charge >= 0.3 is 0 Å². The van der Waals surface area contributed by atoms with E-state index in [9.17, 15) is 0 Å². The maximum atomic E-state index is 2.56. The summed E-state index contributed by atoms with van der Waals surface area (Å²) in [7, 11) is 0. The molecule has 1 heteroatoms. The molecule has 23 heavy (non-hydrogen) atoms. The summed E-state index contributed by atoms with van der Waals surface area (Å²) in [5, 5.41) is 0. The van der Waals surface area contributed by atoms with Crippen molar-refractivity contribution in [1.82, 2.24) is 0 Å². The van der Waals surface area contributed by atoms with Gasteiger partial charge in [0.2, 0.25) is 0 Å². The van der Waals surface area contributed by atoms with Crippen LogP contribution in [-0.2, 0) is 0 Å². The van der Waals surface area contributed by atoms with Crippen molar-refractivity contribution in [1.29, 1.82) is 0 Å². The summed E-state index contributed by atoms with van der Waals surface area (Å²) < 4.78 is 0. The second-order valence-electron chi connectivity index (χ2n) is 7.98. The zero-order valence-electron chi connectivity index (χ0n) is 16.6. The maximum Gasteiger partial charge on any atom is -0.00675 e. The number of thioether (sulfide) groups is 1. The molecule has 0 radical (unpaired) electrons. The Morgan fingerprint density at radius 2 is 1.43 bits per heavy atom. The minimum absolute atomic E-state index is 0.994. The fourth-order valence-corrected chi connectivity index (χ4v) is 5.46. The van der Waals surface area contributed by atoms with E-state index in [1.165, 1.54) is 88.6 Å². The van der Waals surface area contributed by atoms with Crippen LogP contribution in [0.2, 0.25) is 0 Å². The van der Waals surface area contributed by atoms with Gasteiger partial charge in [-0.2, -0.15) is 11.8 Å². The molecule has 1 rings (SSSR count). The van der Waals surface area contributed by atoms with Crippen LogP contribution in [0.25, 0.3) is 0 Å². The Labute approximate surface area is 152 Å². The van der Waals surface area contributed by atoms with Gasteiger partial charge in [0.15, 0.2) is 0 Å². The SMILES string of the molecule is CCCCCCC(C)C1C(CCC)C1CCCCCSCCC. The molecule has 0 saturated heterocycles. The van der Waals surface area contributed by atoms with Gasteiger partial charge in [-0.3, -0.25) is 0 Å². The molecule has 0 heterocycles. The first kappa shape index (κ1) is 21.4. The van der Waals surface area contributed by atoms with Crippen LogP contribution in [0.5, 0.6) is 0 Å². The molecule has 0 N–H and O–H groups in total. The van der Waals surface area contributed by atoms with Gasteiger partial charge in [0.25, 0.3) is 0 Å². The highest BCUT2D eigenvalue weighted by atomic mass is 32.2. The van der Waals surface area contributed by atoms with E-state index in [2.05, 4.69) is 39.5 Å². The molecule has 1 saturated carbocycles. The Morgan fingerprint density at radius 3 is 2.13 bits per heavy atom. The first-order valence-electron chi connectivity index (χ1n) is 10.8. The molecule has 1 aliphatic carbocycles. The van der Waals surface area contributed by atoms with Gasteiger partial charge in [-0.05, 0) is 54.4 Å². The smallest absolute Gasteiger partial charge is 0.00675 e. The van der Waals surface area contributed by atoms with E-state index in [0.717, 1.165) is 23.7 Å². The molecule has 1 fully saturated rings. The Bertz CT molecular complexity index is 263. The number of hydrogen-bond acceptors (Lipinski definition) is 1. The zero-order chi connectivity index (χ0) is 16.9. The van der Waals surface area contributed by atoms with Gasteiger partial charge in [-0.15, -0.1) is 0 Å². The predicted octanol–water partition coefficient (Wildman–Crippen LogP) is 7.96. The molecule has 0 aromatic heterocycles. The summed E-state index contributed by atoms with van der Waals surface area (Å²) >= 11 is 2.15. The average Bonchev–Trinajstić information content (AvgIpc) is 3.23. The van der Waals surface area contributed by atoms with E-state index < -0.39 is 0 Å². The van der Waals surface area contributed by atoms with Crippen LogP contribution in [0.15, 0.2) is 0 Å². The summed E-state index contributed by atoms with van der Waals surface area (Å²) in [6, 6.07) is 0. The van der Waals surface area contributed by atoms with Gasteiger partial charge in [0.05, 0.1) is 0 Å². The number of rotatable bonds is 16. The topological polar surface area (TPSA) is 0 Å². The third kappa shape index (κ3) is 8.84. The van der Waals surface area contributed by atoms with Crippen LogP contribution in [0, 0.1) is 23.7 Å². The van der Waals surface area contributed by atoms with Crippen LogP contribution in [-0.4, -0.2) is 11.5 Å². The minimum atomic E-state index is 0.994. The van der Waals surface area contributed by atoms with Crippen LogP contribution in [0.4, 0.5) is 0 Å². The van der Waals surface area contributed by atoms with Crippen LogP contribution < -0.4 is 0 Å². The zero-order valence-corrected chi connectivity index (χ0v) is 17.4. The van der Waals surface area contributed by atoms with Gasteiger partial charge in [-0.1, -0.05) is 85.5 Å². The summed E-state index contributed by atoms with van der Waals surface area (Å²) in [6.07, 6.45) is 17.4.